The van der Waals surface area contributed by atoms with Crippen LogP contribution in [0.3, 0.4) is 0 Å². The topological polar surface area (TPSA) is 50.4 Å². The molecule has 1 amide bonds. The fraction of sp³-hybridized carbons (Fsp3) is 0.923. The van der Waals surface area contributed by atoms with Crippen molar-refractivity contribution in [3.05, 3.63) is 0 Å². The Hall–Kier alpha value is -0.610. The fourth-order valence-electron chi connectivity index (χ4n) is 1.37. The van der Waals surface area contributed by atoms with Crippen molar-refractivity contribution in [3.8, 4) is 0 Å². The summed E-state index contributed by atoms with van der Waals surface area (Å²) < 4.78 is 5.43. The van der Waals surface area contributed by atoms with E-state index in [0.29, 0.717) is 31.5 Å². The standard InChI is InChI=1S/C13H28N2O2/c1-11(2)10-13(16)15-6-5-8-17-9-7-14-12(3)4/h11-12,14H,5-10H2,1-4H3,(H,15,16). The van der Waals surface area contributed by atoms with E-state index >= 15 is 0 Å². The molecule has 0 aromatic rings. The van der Waals surface area contributed by atoms with Gasteiger partial charge in [-0.2, -0.15) is 0 Å². The average molecular weight is 244 g/mol. The van der Waals surface area contributed by atoms with E-state index in [1.165, 1.54) is 0 Å². The molecule has 102 valence electrons. The van der Waals surface area contributed by atoms with Gasteiger partial charge in [0.2, 0.25) is 5.91 Å². The van der Waals surface area contributed by atoms with Crippen LogP contribution in [0.4, 0.5) is 0 Å². The van der Waals surface area contributed by atoms with Gasteiger partial charge in [0.1, 0.15) is 0 Å². The summed E-state index contributed by atoms with van der Waals surface area (Å²) in [6.07, 6.45) is 1.49. The zero-order valence-electron chi connectivity index (χ0n) is 11.7. The van der Waals surface area contributed by atoms with Crippen LogP contribution in [0.15, 0.2) is 0 Å². The van der Waals surface area contributed by atoms with E-state index in [1.54, 1.807) is 0 Å². The van der Waals surface area contributed by atoms with Crippen molar-refractivity contribution in [2.24, 2.45) is 5.92 Å². The zero-order valence-corrected chi connectivity index (χ0v) is 11.7. The van der Waals surface area contributed by atoms with Crippen LogP contribution < -0.4 is 10.6 Å². The van der Waals surface area contributed by atoms with Gasteiger partial charge in [-0.05, 0) is 12.3 Å². The van der Waals surface area contributed by atoms with Crippen LogP contribution in [0, 0.1) is 5.92 Å². The van der Waals surface area contributed by atoms with Gasteiger partial charge in [-0.1, -0.05) is 27.7 Å². The minimum Gasteiger partial charge on any atom is -0.380 e. The number of nitrogens with one attached hydrogen (secondary N) is 2. The Kier molecular flexibility index (Phi) is 10.2. The lowest BCUT2D eigenvalue weighted by atomic mass is 10.1. The summed E-state index contributed by atoms with van der Waals surface area (Å²) in [6, 6.07) is 0.508. The van der Waals surface area contributed by atoms with E-state index in [1.807, 2.05) is 13.8 Å². The van der Waals surface area contributed by atoms with Crippen molar-refractivity contribution < 1.29 is 9.53 Å². The highest BCUT2D eigenvalue weighted by molar-refractivity contribution is 5.75. The van der Waals surface area contributed by atoms with Crippen molar-refractivity contribution in [2.45, 2.75) is 46.6 Å². The lowest BCUT2D eigenvalue weighted by molar-refractivity contribution is -0.121. The molecule has 0 saturated heterocycles. The molecule has 0 heterocycles. The highest BCUT2D eigenvalue weighted by atomic mass is 16.5. The monoisotopic (exact) mass is 244 g/mol. The first-order valence-corrected chi connectivity index (χ1v) is 6.60. The van der Waals surface area contributed by atoms with Crippen molar-refractivity contribution in [2.75, 3.05) is 26.3 Å². The van der Waals surface area contributed by atoms with E-state index in [4.69, 9.17) is 4.74 Å². The molecule has 0 unspecified atom stereocenters. The second-order valence-corrected chi connectivity index (χ2v) is 5.02. The lowest BCUT2D eigenvalue weighted by Gasteiger charge is -2.09. The van der Waals surface area contributed by atoms with Gasteiger partial charge in [-0.25, -0.2) is 0 Å². The van der Waals surface area contributed by atoms with Crippen LogP contribution in [0.5, 0.6) is 0 Å². The van der Waals surface area contributed by atoms with Gasteiger partial charge < -0.3 is 15.4 Å². The van der Waals surface area contributed by atoms with Gasteiger partial charge in [-0.15, -0.1) is 0 Å². The molecule has 0 aliphatic rings. The Labute approximate surface area is 105 Å². The molecular weight excluding hydrogens is 216 g/mol. The van der Waals surface area contributed by atoms with Crippen molar-refractivity contribution in [3.63, 3.8) is 0 Å². The predicted octanol–water partition coefficient (Wildman–Crippen LogP) is 1.55. The third kappa shape index (κ3) is 13.3. The summed E-state index contributed by atoms with van der Waals surface area (Å²) in [7, 11) is 0. The summed E-state index contributed by atoms with van der Waals surface area (Å²) in [4.78, 5) is 11.3. The quantitative estimate of drug-likeness (QED) is 0.573. The molecule has 17 heavy (non-hydrogen) atoms. The molecule has 4 heteroatoms. The third-order valence-electron chi connectivity index (χ3n) is 2.18. The minimum atomic E-state index is 0.140. The van der Waals surface area contributed by atoms with E-state index in [9.17, 15) is 4.79 Å². The summed E-state index contributed by atoms with van der Waals surface area (Å²) in [6.45, 7) is 11.4. The largest absolute Gasteiger partial charge is 0.380 e. The smallest absolute Gasteiger partial charge is 0.220 e. The Morgan fingerprint density at radius 1 is 1.12 bits per heavy atom. The van der Waals surface area contributed by atoms with Gasteiger partial charge >= 0.3 is 0 Å². The van der Waals surface area contributed by atoms with Crippen LogP contribution in [0.25, 0.3) is 0 Å². The maximum absolute atomic E-state index is 11.3. The SMILES string of the molecule is CC(C)CC(=O)NCCCOCCNC(C)C. The number of hydrogen-bond acceptors (Lipinski definition) is 3. The molecule has 0 aliphatic carbocycles. The van der Waals surface area contributed by atoms with Crippen LogP contribution in [-0.2, 0) is 9.53 Å². The number of carbonyl (C=O) groups excluding carboxylic acids is 1. The van der Waals surface area contributed by atoms with Gasteiger partial charge in [0, 0.05) is 32.2 Å². The maximum atomic E-state index is 11.3. The third-order valence-corrected chi connectivity index (χ3v) is 2.18. The van der Waals surface area contributed by atoms with Crippen LogP contribution in [-0.4, -0.2) is 38.3 Å². The number of amides is 1. The summed E-state index contributed by atoms with van der Waals surface area (Å²) in [5.74, 6) is 0.565. The zero-order chi connectivity index (χ0) is 13.1. The van der Waals surface area contributed by atoms with E-state index in [0.717, 1.165) is 19.6 Å². The Balaban J connectivity index is 3.16. The van der Waals surface area contributed by atoms with Crippen LogP contribution >= 0.6 is 0 Å². The molecule has 0 aromatic heterocycles. The Morgan fingerprint density at radius 3 is 2.41 bits per heavy atom. The molecule has 0 spiro atoms. The Bertz CT molecular complexity index is 194. The van der Waals surface area contributed by atoms with Crippen molar-refractivity contribution in [1.29, 1.82) is 0 Å². The molecule has 0 atom stereocenters. The molecule has 0 fully saturated rings. The number of rotatable bonds is 10. The fourth-order valence-corrected chi connectivity index (χ4v) is 1.37. The first-order chi connectivity index (χ1) is 8.02. The molecule has 0 aliphatic heterocycles. The van der Waals surface area contributed by atoms with Gasteiger partial charge in [0.05, 0.1) is 6.61 Å². The Morgan fingerprint density at radius 2 is 1.82 bits per heavy atom. The molecule has 0 bridgehead atoms. The molecular formula is C13H28N2O2. The average Bonchev–Trinajstić information content (AvgIpc) is 2.20. The summed E-state index contributed by atoms with van der Waals surface area (Å²) in [5, 5.41) is 6.17. The van der Waals surface area contributed by atoms with Crippen LogP contribution in [0.2, 0.25) is 0 Å². The molecule has 2 N–H and O–H groups in total. The van der Waals surface area contributed by atoms with Gasteiger partial charge in [0.25, 0.3) is 0 Å². The molecule has 0 radical (unpaired) electrons. The van der Waals surface area contributed by atoms with Crippen molar-refractivity contribution >= 4 is 5.91 Å². The van der Waals surface area contributed by atoms with E-state index in [-0.39, 0.29) is 5.91 Å². The van der Waals surface area contributed by atoms with Crippen molar-refractivity contribution in [1.82, 2.24) is 10.6 Å². The number of carbonyl (C=O) groups is 1. The first-order valence-electron chi connectivity index (χ1n) is 6.60. The molecule has 0 aromatic carbocycles. The molecule has 4 nitrogen and oxygen atoms in total. The van der Waals surface area contributed by atoms with E-state index in [2.05, 4.69) is 24.5 Å². The second kappa shape index (κ2) is 10.5. The number of hydrogen-bond donors (Lipinski definition) is 2. The summed E-state index contributed by atoms with van der Waals surface area (Å²) >= 11 is 0. The van der Waals surface area contributed by atoms with Crippen LogP contribution in [0.1, 0.15) is 40.5 Å². The molecule has 0 rings (SSSR count). The number of ether oxygens (including phenoxy) is 1. The predicted molar refractivity (Wildman–Crippen MR) is 71.0 cm³/mol. The first kappa shape index (κ1) is 16.4. The normalized spacial score (nSPS) is 11.2. The maximum Gasteiger partial charge on any atom is 0.220 e. The van der Waals surface area contributed by atoms with Gasteiger partial charge in [-0.3, -0.25) is 4.79 Å². The minimum absolute atomic E-state index is 0.140. The molecule has 0 saturated carbocycles. The highest BCUT2D eigenvalue weighted by Crippen LogP contribution is 1.97. The summed E-state index contributed by atoms with van der Waals surface area (Å²) in [5.41, 5.74) is 0. The second-order valence-electron chi connectivity index (χ2n) is 5.02. The lowest BCUT2D eigenvalue weighted by Crippen LogP contribution is -2.28. The van der Waals surface area contributed by atoms with Gasteiger partial charge in [0.15, 0.2) is 0 Å². The van der Waals surface area contributed by atoms with E-state index < -0.39 is 0 Å². The highest BCUT2D eigenvalue weighted by Gasteiger charge is 2.02.